The minimum absolute atomic E-state index is 0.0620. The fraction of sp³-hybridized carbons (Fsp3) is 0.364. The molecule has 5 heteroatoms. The molecule has 4 nitrogen and oxygen atoms in total. The Hall–Kier alpha value is -0.910. The molecule has 0 saturated heterocycles. The SMILES string of the molecule is NCCCOCC(=O)Nc1cccc(Br)c1. The van der Waals surface area contributed by atoms with Crippen LogP contribution in [0.4, 0.5) is 5.69 Å². The van der Waals surface area contributed by atoms with Gasteiger partial charge in [0.2, 0.25) is 5.91 Å². The number of anilines is 1. The molecular weight excluding hydrogens is 272 g/mol. The molecule has 0 aliphatic rings. The first kappa shape index (κ1) is 13.2. The van der Waals surface area contributed by atoms with E-state index >= 15 is 0 Å². The summed E-state index contributed by atoms with van der Waals surface area (Å²) in [5.74, 6) is -0.157. The molecule has 0 aromatic heterocycles. The molecule has 88 valence electrons. The number of benzene rings is 1. The molecule has 0 heterocycles. The molecule has 1 aromatic rings. The molecule has 0 spiro atoms. The van der Waals surface area contributed by atoms with Crippen LogP contribution >= 0.6 is 15.9 Å². The van der Waals surface area contributed by atoms with Crippen molar-refractivity contribution in [1.29, 1.82) is 0 Å². The third kappa shape index (κ3) is 5.25. The molecule has 16 heavy (non-hydrogen) atoms. The molecule has 0 radical (unpaired) electrons. The molecule has 1 aromatic carbocycles. The summed E-state index contributed by atoms with van der Waals surface area (Å²) < 4.78 is 6.06. The number of hydrogen-bond donors (Lipinski definition) is 2. The summed E-state index contributed by atoms with van der Waals surface area (Å²) >= 11 is 3.33. The topological polar surface area (TPSA) is 64.3 Å². The fourth-order valence-corrected chi connectivity index (χ4v) is 1.51. The van der Waals surface area contributed by atoms with Crippen molar-refractivity contribution in [2.45, 2.75) is 6.42 Å². The average molecular weight is 287 g/mol. The second kappa shape index (κ2) is 7.38. The van der Waals surface area contributed by atoms with Crippen molar-refractivity contribution < 1.29 is 9.53 Å². The summed E-state index contributed by atoms with van der Waals surface area (Å²) in [7, 11) is 0. The number of hydrogen-bond acceptors (Lipinski definition) is 3. The number of nitrogens with two attached hydrogens (primary N) is 1. The van der Waals surface area contributed by atoms with Gasteiger partial charge in [-0.05, 0) is 31.2 Å². The molecule has 0 aliphatic carbocycles. The van der Waals surface area contributed by atoms with Crippen LogP contribution in [0.25, 0.3) is 0 Å². The van der Waals surface area contributed by atoms with E-state index in [1.165, 1.54) is 0 Å². The van der Waals surface area contributed by atoms with E-state index < -0.39 is 0 Å². The molecule has 0 fully saturated rings. The van der Waals surface area contributed by atoms with Crippen molar-refractivity contribution in [2.24, 2.45) is 5.73 Å². The Morgan fingerprint density at radius 2 is 2.31 bits per heavy atom. The van der Waals surface area contributed by atoms with Crippen molar-refractivity contribution in [2.75, 3.05) is 25.1 Å². The van der Waals surface area contributed by atoms with Gasteiger partial charge in [0.25, 0.3) is 0 Å². The van der Waals surface area contributed by atoms with E-state index in [1.54, 1.807) is 0 Å². The lowest BCUT2D eigenvalue weighted by Crippen LogP contribution is -2.19. The van der Waals surface area contributed by atoms with E-state index in [1.807, 2.05) is 24.3 Å². The van der Waals surface area contributed by atoms with E-state index in [0.29, 0.717) is 13.2 Å². The van der Waals surface area contributed by atoms with Crippen LogP contribution in [0.15, 0.2) is 28.7 Å². The number of halogens is 1. The number of rotatable bonds is 6. The average Bonchev–Trinajstić information content (AvgIpc) is 2.24. The summed E-state index contributed by atoms with van der Waals surface area (Å²) in [5.41, 5.74) is 6.05. The Balaban J connectivity index is 2.29. The Kier molecular flexibility index (Phi) is 6.07. The van der Waals surface area contributed by atoms with Crippen LogP contribution < -0.4 is 11.1 Å². The first-order valence-electron chi connectivity index (χ1n) is 5.05. The van der Waals surface area contributed by atoms with Crippen LogP contribution in [0, 0.1) is 0 Å². The minimum atomic E-state index is -0.157. The summed E-state index contributed by atoms with van der Waals surface area (Å²) in [5, 5.41) is 2.73. The standard InChI is InChI=1S/C11H15BrN2O2/c12-9-3-1-4-10(7-9)14-11(15)8-16-6-2-5-13/h1,3-4,7H,2,5-6,8,13H2,(H,14,15). The van der Waals surface area contributed by atoms with Crippen LogP contribution in [0.5, 0.6) is 0 Å². The highest BCUT2D eigenvalue weighted by atomic mass is 79.9. The van der Waals surface area contributed by atoms with Gasteiger partial charge in [0.1, 0.15) is 6.61 Å². The molecule has 0 bridgehead atoms. The molecule has 3 N–H and O–H groups in total. The number of ether oxygens (including phenoxy) is 1. The predicted molar refractivity (Wildman–Crippen MR) is 67.3 cm³/mol. The van der Waals surface area contributed by atoms with Gasteiger partial charge in [-0.25, -0.2) is 0 Å². The summed E-state index contributed by atoms with van der Waals surface area (Å²) in [6.07, 6.45) is 0.768. The number of carbonyl (C=O) groups excluding carboxylic acids is 1. The second-order valence-electron chi connectivity index (χ2n) is 3.25. The van der Waals surface area contributed by atoms with Gasteiger partial charge >= 0.3 is 0 Å². The summed E-state index contributed by atoms with van der Waals surface area (Å²) in [6.45, 7) is 1.15. The predicted octanol–water partition coefficient (Wildman–Crippen LogP) is 1.75. The van der Waals surface area contributed by atoms with E-state index in [9.17, 15) is 4.79 Å². The molecule has 1 amide bonds. The lowest BCUT2D eigenvalue weighted by Gasteiger charge is -2.06. The van der Waals surface area contributed by atoms with Gasteiger partial charge < -0.3 is 15.8 Å². The summed E-state index contributed by atoms with van der Waals surface area (Å²) in [6, 6.07) is 7.41. The quantitative estimate of drug-likeness (QED) is 0.783. The molecular formula is C11H15BrN2O2. The normalized spacial score (nSPS) is 10.1. The minimum Gasteiger partial charge on any atom is -0.372 e. The van der Waals surface area contributed by atoms with Gasteiger partial charge in [-0.2, -0.15) is 0 Å². The Morgan fingerprint density at radius 1 is 1.50 bits per heavy atom. The maximum Gasteiger partial charge on any atom is 0.250 e. The zero-order valence-electron chi connectivity index (χ0n) is 8.91. The van der Waals surface area contributed by atoms with Crippen LogP contribution in [0.2, 0.25) is 0 Å². The van der Waals surface area contributed by atoms with Crippen LogP contribution in [0.3, 0.4) is 0 Å². The Bertz CT molecular complexity index is 345. The smallest absolute Gasteiger partial charge is 0.250 e. The van der Waals surface area contributed by atoms with Crippen LogP contribution in [-0.2, 0) is 9.53 Å². The zero-order valence-corrected chi connectivity index (χ0v) is 10.5. The first-order chi connectivity index (χ1) is 7.72. The highest BCUT2D eigenvalue weighted by Gasteiger charge is 2.02. The van der Waals surface area contributed by atoms with Gasteiger partial charge in [0.15, 0.2) is 0 Å². The first-order valence-corrected chi connectivity index (χ1v) is 5.85. The highest BCUT2D eigenvalue weighted by Crippen LogP contribution is 2.15. The fourth-order valence-electron chi connectivity index (χ4n) is 1.11. The second-order valence-corrected chi connectivity index (χ2v) is 4.17. The number of nitrogens with one attached hydrogen (secondary N) is 1. The summed E-state index contributed by atoms with van der Waals surface area (Å²) in [4.78, 5) is 11.4. The van der Waals surface area contributed by atoms with Crippen molar-refractivity contribution >= 4 is 27.5 Å². The van der Waals surface area contributed by atoms with Crippen LogP contribution in [0.1, 0.15) is 6.42 Å². The Labute approximate surface area is 103 Å². The number of carbonyl (C=O) groups is 1. The van der Waals surface area contributed by atoms with Gasteiger partial charge in [-0.15, -0.1) is 0 Å². The largest absolute Gasteiger partial charge is 0.372 e. The molecule has 0 atom stereocenters. The van der Waals surface area contributed by atoms with Crippen molar-refractivity contribution in [1.82, 2.24) is 0 Å². The van der Waals surface area contributed by atoms with Crippen molar-refractivity contribution in [3.8, 4) is 0 Å². The van der Waals surface area contributed by atoms with Gasteiger partial charge in [-0.1, -0.05) is 22.0 Å². The van der Waals surface area contributed by atoms with E-state index in [2.05, 4.69) is 21.2 Å². The van der Waals surface area contributed by atoms with Gasteiger partial charge in [0, 0.05) is 16.8 Å². The van der Waals surface area contributed by atoms with E-state index in [-0.39, 0.29) is 12.5 Å². The number of amides is 1. The Morgan fingerprint density at radius 3 is 3.00 bits per heavy atom. The van der Waals surface area contributed by atoms with Gasteiger partial charge in [0.05, 0.1) is 0 Å². The van der Waals surface area contributed by atoms with Crippen molar-refractivity contribution in [3.63, 3.8) is 0 Å². The van der Waals surface area contributed by atoms with Crippen LogP contribution in [-0.4, -0.2) is 25.7 Å². The zero-order chi connectivity index (χ0) is 11.8. The van der Waals surface area contributed by atoms with Crippen molar-refractivity contribution in [3.05, 3.63) is 28.7 Å². The highest BCUT2D eigenvalue weighted by molar-refractivity contribution is 9.10. The lowest BCUT2D eigenvalue weighted by molar-refractivity contribution is -0.120. The molecule has 1 rings (SSSR count). The monoisotopic (exact) mass is 286 g/mol. The maximum absolute atomic E-state index is 11.4. The molecule has 0 aliphatic heterocycles. The van der Waals surface area contributed by atoms with E-state index in [4.69, 9.17) is 10.5 Å². The molecule has 0 unspecified atom stereocenters. The molecule has 0 saturated carbocycles. The maximum atomic E-state index is 11.4. The lowest BCUT2D eigenvalue weighted by atomic mass is 10.3. The third-order valence-corrected chi connectivity index (χ3v) is 2.33. The third-order valence-electron chi connectivity index (χ3n) is 1.83. The van der Waals surface area contributed by atoms with Gasteiger partial charge in [-0.3, -0.25) is 4.79 Å². The van der Waals surface area contributed by atoms with E-state index in [0.717, 1.165) is 16.6 Å².